The molecule has 2 aromatic carbocycles. The summed E-state index contributed by atoms with van der Waals surface area (Å²) in [5, 5.41) is 19.1. The number of imidazole rings is 1. The summed E-state index contributed by atoms with van der Waals surface area (Å²) in [5.74, 6) is 0.697. The summed E-state index contributed by atoms with van der Waals surface area (Å²) in [6.07, 6.45) is 1.83. The molecule has 0 aliphatic heterocycles. The van der Waals surface area contributed by atoms with E-state index in [-0.39, 0.29) is 5.75 Å². The maximum atomic E-state index is 10.2. The number of aryl methyl sites for hydroxylation is 3. The highest BCUT2D eigenvalue weighted by molar-refractivity contribution is 5.76. The minimum absolute atomic E-state index is 0.110. The smallest absolute Gasteiger partial charge is 0.187 e. The van der Waals surface area contributed by atoms with Gasteiger partial charge in [-0.3, -0.25) is 4.40 Å². The lowest BCUT2D eigenvalue weighted by Gasteiger charge is -2.02. The van der Waals surface area contributed by atoms with Crippen LogP contribution in [0.2, 0.25) is 0 Å². The fraction of sp³-hybridized carbons (Fsp3) is 0.136. The number of rotatable bonds is 3. The SMILES string of the molecule is Cc1ccc(-c2nc3c(O)cccn3c2N=Nc2cc(C)cc(C)c2)cc1. The average molecular weight is 356 g/mol. The van der Waals surface area contributed by atoms with Crippen molar-refractivity contribution in [3.8, 4) is 17.0 Å². The summed E-state index contributed by atoms with van der Waals surface area (Å²) in [7, 11) is 0. The molecule has 2 heterocycles. The number of aromatic nitrogens is 2. The van der Waals surface area contributed by atoms with Crippen LogP contribution in [0.4, 0.5) is 11.5 Å². The maximum Gasteiger partial charge on any atom is 0.187 e. The van der Waals surface area contributed by atoms with Gasteiger partial charge in [0.25, 0.3) is 0 Å². The third kappa shape index (κ3) is 3.31. The number of fused-ring (bicyclic) bond motifs is 1. The van der Waals surface area contributed by atoms with Crippen LogP contribution in [-0.4, -0.2) is 14.5 Å². The molecule has 5 heteroatoms. The van der Waals surface area contributed by atoms with Gasteiger partial charge in [-0.15, -0.1) is 10.2 Å². The first-order valence-corrected chi connectivity index (χ1v) is 8.78. The molecule has 0 saturated carbocycles. The Kier molecular flexibility index (Phi) is 4.20. The Balaban J connectivity index is 1.89. The molecule has 0 radical (unpaired) electrons. The fourth-order valence-electron chi connectivity index (χ4n) is 3.15. The largest absolute Gasteiger partial charge is 0.504 e. The van der Waals surface area contributed by atoms with Crippen molar-refractivity contribution in [2.24, 2.45) is 10.2 Å². The molecule has 0 atom stereocenters. The second-order valence-corrected chi connectivity index (χ2v) is 6.78. The number of azo groups is 1. The minimum Gasteiger partial charge on any atom is -0.504 e. The van der Waals surface area contributed by atoms with Crippen molar-refractivity contribution in [3.05, 3.63) is 77.5 Å². The molecule has 27 heavy (non-hydrogen) atoms. The topological polar surface area (TPSA) is 62.2 Å². The van der Waals surface area contributed by atoms with E-state index in [9.17, 15) is 5.11 Å². The molecule has 0 aliphatic rings. The van der Waals surface area contributed by atoms with Gasteiger partial charge in [-0.05, 0) is 56.2 Å². The number of hydrogen-bond acceptors (Lipinski definition) is 4. The van der Waals surface area contributed by atoms with Crippen molar-refractivity contribution in [2.75, 3.05) is 0 Å². The van der Waals surface area contributed by atoms with Crippen LogP contribution in [-0.2, 0) is 0 Å². The fourth-order valence-corrected chi connectivity index (χ4v) is 3.15. The Morgan fingerprint density at radius 3 is 2.26 bits per heavy atom. The van der Waals surface area contributed by atoms with Crippen LogP contribution in [0.3, 0.4) is 0 Å². The lowest BCUT2D eigenvalue weighted by Crippen LogP contribution is -1.83. The average Bonchev–Trinajstić information content (AvgIpc) is 3.00. The number of nitrogens with zero attached hydrogens (tertiary/aromatic N) is 4. The van der Waals surface area contributed by atoms with Gasteiger partial charge in [-0.1, -0.05) is 35.9 Å². The van der Waals surface area contributed by atoms with Crippen molar-refractivity contribution in [1.29, 1.82) is 0 Å². The van der Waals surface area contributed by atoms with E-state index in [0.29, 0.717) is 17.2 Å². The molecule has 0 aliphatic carbocycles. The summed E-state index contributed by atoms with van der Waals surface area (Å²) in [6.45, 7) is 6.12. The molecule has 4 aromatic rings. The minimum atomic E-state index is 0.110. The van der Waals surface area contributed by atoms with E-state index in [2.05, 4.69) is 21.3 Å². The van der Waals surface area contributed by atoms with Crippen molar-refractivity contribution in [1.82, 2.24) is 9.38 Å². The Bertz CT molecular complexity index is 1140. The molecule has 0 fully saturated rings. The van der Waals surface area contributed by atoms with Gasteiger partial charge < -0.3 is 5.11 Å². The van der Waals surface area contributed by atoms with Crippen molar-refractivity contribution < 1.29 is 5.11 Å². The van der Waals surface area contributed by atoms with Crippen LogP contribution in [0.5, 0.6) is 5.75 Å². The normalized spacial score (nSPS) is 11.5. The predicted molar refractivity (Wildman–Crippen MR) is 107 cm³/mol. The monoisotopic (exact) mass is 356 g/mol. The van der Waals surface area contributed by atoms with Crippen LogP contribution in [0.1, 0.15) is 16.7 Å². The van der Waals surface area contributed by atoms with Gasteiger partial charge in [-0.25, -0.2) is 4.98 Å². The van der Waals surface area contributed by atoms with Crippen LogP contribution in [0, 0.1) is 20.8 Å². The zero-order chi connectivity index (χ0) is 19.0. The highest BCUT2D eigenvalue weighted by Gasteiger charge is 2.16. The molecule has 0 amide bonds. The van der Waals surface area contributed by atoms with Gasteiger partial charge in [0.1, 0.15) is 5.69 Å². The number of benzene rings is 2. The molecule has 2 aromatic heterocycles. The molecule has 0 unspecified atom stereocenters. The van der Waals surface area contributed by atoms with E-state index >= 15 is 0 Å². The van der Waals surface area contributed by atoms with Gasteiger partial charge >= 0.3 is 0 Å². The first-order chi connectivity index (χ1) is 13.0. The molecule has 134 valence electrons. The lowest BCUT2D eigenvalue weighted by molar-refractivity contribution is 0.477. The zero-order valence-corrected chi connectivity index (χ0v) is 15.5. The molecule has 0 bridgehead atoms. The second-order valence-electron chi connectivity index (χ2n) is 6.78. The first-order valence-electron chi connectivity index (χ1n) is 8.78. The number of pyridine rings is 1. The Morgan fingerprint density at radius 2 is 1.56 bits per heavy atom. The van der Waals surface area contributed by atoms with Crippen LogP contribution < -0.4 is 0 Å². The van der Waals surface area contributed by atoms with Gasteiger partial charge in [0.15, 0.2) is 17.2 Å². The highest BCUT2D eigenvalue weighted by Crippen LogP contribution is 2.35. The molecule has 0 saturated heterocycles. The first kappa shape index (κ1) is 17.0. The van der Waals surface area contributed by atoms with Crippen LogP contribution >= 0.6 is 0 Å². The van der Waals surface area contributed by atoms with E-state index in [1.807, 2.05) is 63.4 Å². The van der Waals surface area contributed by atoms with E-state index in [1.165, 1.54) is 5.56 Å². The maximum absolute atomic E-state index is 10.2. The zero-order valence-electron chi connectivity index (χ0n) is 15.5. The molecule has 4 rings (SSSR count). The molecular weight excluding hydrogens is 336 g/mol. The summed E-state index contributed by atoms with van der Waals surface area (Å²) in [4.78, 5) is 4.62. The quantitative estimate of drug-likeness (QED) is 0.454. The standard InChI is InChI=1S/C22H20N4O/c1-14-6-8-17(9-7-14)20-22(26-10-4-5-19(27)21(26)23-20)25-24-18-12-15(2)11-16(3)13-18/h4-13,27H,1-3H3. The van der Waals surface area contributed by atoms with Gasteiger partial charge in [0, 0.05) is 11.8 Å². The van der Waals surface area contributed by atoms with Crippen LogP contribution in [0.25, 0.3) is 16.9 Å². The van der Waals surface area contributed by atoms with Crippen molar-refractivity contribution >= 4 is 17.2 Å². The van der Waals surface area contributed by atoms with Gasteiger partial charge in [0.05, 0.1) is 5.69 Å². The van der Waals surface area contributed by atoms with E-state index in [0.717, 1.165) is 22.4 Å². The molecule has 0 spiro atoms. The van der Waals surface area contributed by atoms with Crippen molar-refractivity contribution in [3.63, 3.8) is 0 Å². The molecule has 5 nitrogen and oxygen atoms in total. The van der Waals surface area contributed by atoms with Crippen LogP contribution in [0.15, 0.2) is 71.0 Å². The summed E-state index contributed by atoms with van der Waals surface area (Å²) in [6, 6.07) is 17.5. The third-order valence-corrected chi connectivity index (χ3v) is 4.40. The van der Waals surface area contributed by atoms with Gasteiger partial charge in [0.2, 0.25) is 0 Å². The van der Waals surface area contributed by atoms with E-state index in [4.69, 9.17) is 0 Å². The van der Waals surface area contributed by atoms with Crippen molar-refractivity contribution in [2.45, 2.75) is 20.8 Å². The van der Waals surface area contributed by atoms with E-state index < -0.39 is 0 Å². The lowest BCUT2D eigenvalue weighted by atomic mass is 10.1. The Hall–Kier alpha value is -3.47. The highest BCUT2D eigenvalue weighted by atomic mass is 16.3. The summed E-state index contributed by atoms with van der Waals surface area (Å²) in [5.41, 5.74) is 6.31. The van der Waals surface area contributed by atoms with E-state index in [1.54, 1.807) is 16.5 Å². The second kappa shape index (κ2) is 6.68. The van der Waals surface area contributed by atoms with Gasteiger partial charge in [-0.2, -0.15) is 0 Å². The third-order valence-electron chi connectivity index (χ3n) is 4.40. The molecular formula is C22H20N4O. The Morgan fingerprint density at radius 1 is 0.852 bits per heavy atom. The molecule has 1 N–H and O–H groups in total. The Labute approximate surface area is 157 Å². The summed E-state index contributed by atoms with van der Waals surface area (Å²) < 4.78 is 1.76. The number of aromatic hydroxyl groups is 1. The number of hydrogen-bond donors (Lipinski definition) is 1. The summed E-state index contributed by atoms with van der Waals surface area (Å²) >= 11 is 0. The predicted octanol–water partition coefficient (Wildman–Crippen LogP) is 6.05.